The summed E-state index contributed by atoms with van der Waals surface area (Å²) in [4.78, 5) is 27.9. The van der Waals surface area contributed by atoms with E-state index < -0.39 is 12.1 Å². The third-order valence-corrected chi connectivity index (χ3v) is 5.02. The Labute approximate surface area is 159 Å². The highest BCUT2D eigenvalue weighted by molar-refractivity contribution is 6.04. The summed E-state index contributed by atoms with van der Waals surface area (Å²) in [5.74, 6) is 1.33. The molecule has 1 aromatic rings. The second kappa shape index (κ2) is 7.74. The van der Waals surface area contributed by atoms with Crippen LogP contribution in [0.4, 0.5) is 4.79 Å². The molecular formula is C19H27N3O5. The van der Waals surface area contributed by atoms with Gasteiger partial charge in [0, 0.05) is 24.2 Å². The van der Waals surface area contributed by atoms with Crippen molar-refractivity contribution in [1.82, 2.24) is 15.1 Å². The second-order valence-corrected chi connectivity index (χ2v) is 7.43. The van der Waals surface area contributed by atoms with Crippen molar-refractivity contribution in [2.24, 2.45) is 5.92 Å². The maximum Gasteiger partial charge on any atom is 0.325 e. The van der Waals surface area contributed by atoms with Gasteiger partial charge in [-0.2, -0.15) is 0 Å². The van der Waals surface area contributed by atoms with Gasteiger partial charge in [-0.25, -0.2) is 9.69 Å². The quantitative estimate of drug-likeness (QED) is 0.730. The first-order valence-corrected chi connectivity index (χ1v) is 9.11. The molecule has 2 aliphatic heterocycles. The number of carbonyl (C=O) groups is 2. The number of hydrogen-bond donors (Lipinski definition) is 2. The van der Waals surface area contributed by atoms with Crippen molar-refractivity contribution in [2.75, 3.05) is 27.4 Å². The Morgan fingerprint density at radius 2 is 1.89 bits per heavy atom. The Bertz CT molecular complexity index is 736. The highest BCUT2D eigenvalue weighted by Gasteiger charge is 2.40. The number of rotatable bonds is 6. The molecule has 3 amide bonds. The molecule has 2 atom stereocenters. The molecule has 27 heavy (non-hydrogen) atoms. The number of carbonyl (C=O) groups excluding carboxylic acids is 2. The molecule has 0 unspecified atom stereocenters. The maximum absolute atomic E-state index is 12.6. The number of aliphatic hydroxyl groups excluding tert-OH is 1. The maximum atomic E-state index is 12.6. The zero-order valence-electron chi connectivity index (χ0n) is 16.2. The van der Waals surface area contributed by atoms with Gasteiger partial charge < -0.3 is 19.9 Å². The first-order chi connectivity index (χ1) is 12.8. The first-order valence-electron chi connectivity index (χ1n) is 9.11. The number of hydrogen-bond acceptors (Lipinski definition) is 6. The van der Waals surface area contributed by atoms with Crippen molar-refractivity contribution in [2.45, 2.75) is 39.0 Å². The summed E-state index contributed by atoms with van der Waals surface area (Å²) in [6.07, 6.45) is -0.191. The number of methoxy groups -OCH3 is 2. The molecule has 2 aliphatic rings. The smallest absolute Gasteiger partial charge is 0.325 e. The third kappa shape index (κ3) is 3.72. The van der Waals surface area contributed by atoms with E-state index in [0.29, 0.717) is 42.5 Å². The highest BCUT2D eigenvalue weighted by atomic mass is 16.5. The summed E-state index contributed by atoms with van der Waals surface area (Å²) in [6.45, 7) is 4.89. The average Bonchev–Trinajstić information content (AvgIpc) is 2.87. The SMILES string of the molecule is COc1ccc(OC)c2c1CN(CN1C(=O)N[C@H](CC(C)C)C1=O)C[C@@H]2O. The highest BCUT2D eigenvalue weighted by Crippen LogP contribution is 2.39. The summed E-state index contributed by atoms with van der Waals surface area (Å²) in [5.41, 5.74) is 1.50. The van der Waals surface area contributed by atoms with Gasteiger partial charge in [0.1, 0.15) is 17.5 Å². The minimum Gasteiger partial charge on any atom is -0.496 e. The van der Waals surface area contributed by atoms with E-state index in [1.165, 1.54) is 4.90 Å². The van der Waals surface area contributed by atoms with Gasteiger partial charge in [0.15, 0.2) is 0 Å². The van der Waals surface area contributed by atoms with Crippen LogP contribution >= 0.6 is 0 Å². The van der Waals surface area contributed by atoms with Crippen LogP contribution in [-0.2, 0) is 11.3 Å². The van der Waals surface area contributed by atoms with Gasteiger partial charge in [0.2, 0.25) is 0 Å². The van der Waals surface area contributed by atoms with Gasteiger partial charge >= 0.3 is 6.03 Å². The van der Waals surface area contributed by atoms with Gasteiger partial charge in [0.05, 0.1) is 27.0 Å². The van der Waals surface area contributed by atoms with E-state index in [9.17, 15) is 14.7 Å². The number of urea groups is 1. The van der Waals surface area contributed by atoms with E-state index in [0.717, 1.165) is 5.56 Å². The van der Waals surface area contributed by atoms with E-state index >= 15 is 0 Å². The zero-order valence-corrected chi connectivity index (χ0v) is 16.2. The Kier molecular flexibility index (Phi) is 5.57. The lowest BCUT2D eigenvalue weighted by Gasteiger charge is -2.35. The molecule has 1 fully saturated rings. The molecule has 0 radical (unpaired) electrons. The average molecular weight is 377 g/mol. The number of benzene rings is 1. The number of ether oxygens (including phenoxy) is 2. The van der Waals surface area contributed by atoms with Crippen LogP contribution in [0.25, 0.3) is 0 Å². The van der Waals surface area contributed by atoms with Crippen molar-refractivity contribution < 1.29 is 24.2 Å². The van der Waals surface area contributed by atoms with Crippen LogP contribution in [0.3, 0.4) is 0 Å². The summed E-state index contributed by atoms with van der Waals surface area (Å²) in [5, 5.41) is 13.4. The number of nitrogens with one attached hydrogen (secondary N) is 1. The topological polar surface area (TPSA) is 91.3 Å². The first kappa shape index (κ1) is 19.4. The number of imide groups is 1. The number of β-amino-alcohol motifs (C(OH)–C–C–N with tert-alkyl or cyclic N) is 1. The molecule has 0 bridgehead atoms. The van der Waals surface area contributed by atoms with E-state index in [4.69, 9.17) is 9.47 Å². The van der Waals surface area contributed by atoms with E-state index in [1.807, 2.05) is 18.7 Å². The predicted octanol–water partition coefficient (Wildman–Crippen LogP) is 1.48. The summed E-state index contributed by atoms with van der Waals surface area (Å²) in [7, 11) is 3.13. The van der Waals surface area contributed by atoms with Crippen molar-refractivity contribution in [3.8, 4) is 11.5 Å². The summed E-state index contributed by atoms with van der Waals surface area (Å²) in [6, 6.07) is 2.70. The fraction of sp³-hybridized carbons (Fsp3) is 0.579. The fourth-order valence-corrected chi connectivity index (χ4v) is 3.79. The Balaban J connectivity index is 1.79. The van der Waals surface area contributed by atoms with E-state index in [-0.39, 0.29) is 18.6 Å². The van der Waals surface area contributed by atoms with Crippen molar-refractivity contribution in [3.05, 3.63) is 23.3 Å². The minimum absolute atomic E-state index is 0.121. The minimum atomic E-state index is -0.800. The number of amides is 3. The summed E-state index contributed by atoms with van der Waals surface area (Å²) < 4.78 is 10.8. The zero-order chi connectivity index (χ0) is 19.7. The Hall–Kier alpha value is -2.32. The molecule has 0 spiro atoms. The molecule has 1 saturated heterocycles. The van der Waals surface area contributed by atoms with Gasteiger partial charge in [-0.1, -0.05) is 13.8 Å². The molecule has 1 aromatic carbocycles. The van der Waals surface area contributed by atoms with Crippen molar-refractivity contribution in [3.63, 3.8) is 0 Å². The largest absolute Gasteiger partial charge is 0.496 e. The van der Waals surface area contributed by atoms with Crippen LogP contribution in [0.2, 0.25) is 0 Å². The van der Waals surface area contributed by atoms with Gasteiger partial charge in [0.25, 0.3) is 5.91 Å². The van der Waals surface area contributed by atoms with Gasteiger partial charge in [-0.15, -0.1) is 0 Å². The van der Waals surface area contributed by atoms with E-state index in [1.54, 1.807) is 26.4 Å². The lowest BCUT2D eigenvalue weighted by atomic mass is 9.95. The van der Waals surface area contributed by atoms with Crippen LogP contribution < -0.4 is 14.8 Å². The summed E-state index contributed by atoms with van der Waals surface area (Å²) >= 11 is 0. The van der Waals surface area contributed by atoms with Gasteiger partial charge in [-0.3, -0.25) is 9.69 Å². The van der Waals surface area contributed by atoms with Crippen LogP contribution in [0.5, 0.6) is 11.5 Å². The van der Waals surface area contributed by atoms with Crippen LogP contribution in [-0.4, -0.2) is 60.3 Å². The number of aliphatic hydroxyl groups is 1. The Morgan fingerprint density at radius 3 is 2.52 bits per heavy atom. The number of nitrogens with zero attached hydrogens (tertiary/aromatic N) is 2. The molecule has 0 aromatic heterocycles. The second-order valence-electron chi connectivity index (χ2n) is 7.43. The predicted molar refractivity (Wildman–Crippen MR) is 98.4 cm³/mol. The molecule has 0 aliphatic carbocycles. The van der Waals surface area contributed by atoms with Crippen molar-refractivity contribution >= 4 is 11.9 Å². The van der Waals surface area contributed by atoms with Crippen LogP contribution in [0.1, 0.15) is 37.5 Å². The monoisotopic (exact) mass is 377 g/mol. The van der Waals surface area contributed by atoms with Crippen LogP contribution in [0.15, 0.2) is 12.1 Å². The normalized spacial score (nSPS) is 22.8. The molecule has 3 rings (SSSR count). The standard InChI is InChI=1S/C19H27N3O5/c1-11(2)7-13-18(24)22(19(25)20-13)10-21-8-12-15(26-3)5-6-16(27-4)17(12)14(23)9-21/h5-6,11,13-14,23H,7-10H2,1-4H3,(H,20,25)/t13-,14+/m1/s1. The molecule has 148 valence electrons. The molecule has 2 N–H and O–H groups in total. The van der Waals surface area contributed by atoms with Crippen LogP contribution in [0, 0.1) is 5.92 Å². The third-order valence-electron chi connectivity index (χ3n) is 5.02. The molecule has 2 heterocycles. The van der Waals surface area contributed by atoms with Gasteiger partial charge in [-0.05, 0) is 24.5 Å². The number of fused-ring (bicyclic) bond motifs is 1. The molecule has 8 heteroatoms. The lowest BCUT2D eigenvalue weighted by Crippen LogP contribution is -2.45. The Morgan fingerprint density at radius 1 is 1.22 bits per heavy atom. The molecular weight excluding hydrogens is 350 g/mol. The lowest BCUT2D eigenvalue weighted by molar-refractivity contribution is -0.129. The fourth-order valence-electron chi connectivity index (χ4n) is 3.79. The van der Waals surface area contributed by atoms with E-state index in [2.05, 4.69) is 5.32 Å². The molecule has 8 nitrogen and oxygen atoms in total. The molecule has 0 saturated carbocycles. The van der Waals surface area contributed by atoms with Crippen molar-refractivity contribution in [1.29, 1.82) is 0 Å².